The van der Waals surface area contributed by atoms with Crippen LogP contribution >= 0.6 is 27.3 Å². The first-order valence-corrected chi connectivity index (χ1v) is 12.8. The third-order valence-corrected chi connectivity index (χ3v) is 7.23. The van der Waals surface area contributed by atoms with Gasteiger partial charge in [-0.2, -0.15) is 4.52 Å². The Balaban J connectivity index is 1.40. The number of halogens is 1. The molecule has 0 aliphatic carbocycles. The Labute approximate surface area is 209 Å². The molecule has 0 fully saturated rings. The molecule has 0 aliphatic rings. The summed E-state index contributed by atoms with van der Waals surface area (Å²) in [7, 11) is 0. The zero-order chi connectivity index (χ0) is 23.8. The minimum absolute atomic E-state index is 0.00516. The maximum atomic E-state index is 13.0. The van der Waals surface area contributed by atoms with E-state index >= 15 is 0 Å². The van der Waals surface area contributed by atoms with Crippen LogP contribution in [0.25, 0.3) is 22.4 Å². The van der Waals surface area contributed by atoms with Crippen LogP contribution in [0.4, 0.5) is 0 Å². The van der Waals surface area contributed by atoms with Gasteiger partial charge in [0.25, 0.3) is 5.56 Å². The average molecular weight is 534 g/mol. The molecular weight excluding hydrogens is 510 g/mol. The van der Waals surface area contributed by atoms with E-state index in [0.717, 1.165) is 27.8 Å². The molecule has 0 amide bonds. The van der Waals surface area contributed by atoms with Gasteiger partial charge in [0, 0.05) is 22.0 Å². The maximum absolute atomic E-state index is 13.0. The Kier molecular flexibility index (Phi) is 6.23. The molecule has 0 N–H and O–H groups in total. The summed E-state index contributed by atoms with van der Waals surface area (Å²) in [6.07, 6.45) is 2.81. The van der Waals surface area contributed by atoms with Crippen molar-refractivity contribution in [2.24, 2.45) is 5.92 Å². The lowest BCUT2D eigenvalue weighted by molar-refractivity contribution is 0.571. The van der Waals surface area contributed by atoms with Gasteiger partial charge in [-0.3, -0.25) is 4.79 Å². The first-order chi connectivity index (χ1) is 16.4. The van der Waals surface area contributed by atoms with E-state index in [0.29, 0.717) is 27.0 Å². The van der Waals surface area contributed by atoms with Gasteiger partial charge in [0.1, 0.15) is 16.1 Å². The van der Waals surface area contributed by atoms with Crippen molar-refractivity contribution >= 4 is 38.3 Å². The molecule has 0 radical (unpaired) electrons. The second-order valence-corrected chi connectivity index (χ2v) is 10.8. The second-order valence-electron chi connectivity index (χ2n) is 8.85. The van der Waals surface area contributed by atoms with Crippen molar-refractivity contribution in [1.82, 2.24) is 14.6 Å². The fourth-order valence-electron chi connectivity index (χ4n) is 3.92. The summed E-state index contributed by atoms with van der Waals surface area (Å²) in [5.41, 5.74) is 3.26. The molecule has 5 aromatic rings. The SMILES string of the molecule is CC(C)Cc1ccc(C(C)c2nc3s/c(=C/c4ccc(-c5ccc(Br)cc5)o4)c(=O)n3n2)cc1. The van der Waals surface area contributed by atoms with Gasteiger partial charge >= 0.3 is 0 Å². The molecule has 0 spiro atoms. The van der Waals surface area contributed by atoms with Crippen LogP contribution in [0.2, 0.25) is 0 Å². The molecule has 172 valence electrons. The van der Waals surface area contributed by atoms with Gasteiger partial charge in [0.15, 0.2) is 5.82 Å². The van der Waals surface area contributed by atoms with Crippen LogP contribution in [-0.2, 0) is 6.42 Å². The van der Waals surface area contributed by atoms with Crippen molar-refractivity contribution in [1.29, 1.82) is 0 Å². The van der Waals surface area contributed by atoms with Gasteiger partial charge in [-0.1, -0.05) is 84.4 Å². The predicted octanol–water partition coefficient (Wildman–Crippen LogP) is 6.07. The zero-order valence-corrected chi connectivity index (χ0v) is 21.6. The van der Waals surface area contributed by atoms with Crippen LogP contribution in [0.1, 0.15) is 49.4 Å². The molecule has 1 atom stereocenters. The summed E-state index contributed by atoms with van der Waals surface area (Å²) in [6, 6.07) is 20.3. The molecular formula is C27H24BrN3O2S. The summed E-state index contributed by atoms with van der Waals surface area (Å²) in [5, 5.41) is 4.53. The van der Waals surface area contributed by atoms with Crippen molar-refractivity contribution in [2.75, 3.05) is 0 Å². The molecule has 0 saturated carbocycles. The number of benzene rings is 2. The number of hydrogen-bond donors (Lipinski definition) is 0. The fourth-order valence-corrected chi connectivity index (χ4v) is 5.08. The molecule has 7 heteroatoms. The number of hydrogen-bond acceptors (Lipinski definition) is 5. The van der Waals surface area contributed by atoms with Gasteiger partial charge in [0.2, 0.25) is 4.96 Å². The molecule has 5 rings (SSSR count). The molecule has 3 aromatic heterocycles. The van der Waals surface area contributed by atoms with E-state index in [-0.39, 0.29) is 11.5 Å². The monoisotopic (exact) mass is 533 g/mol. The Morgan fingerprint density at radius 3 is 2.44 bits per heavy atom. The van der Waals surface area contributed by atoms with Gasteiger partial charge < -0.3 is 4.42 Å². The van der Waals surface area contributed by atoms with Crippen molar-refractivity contribution < 1.29 is 4.42 Å². The minimum atomic E-state index is -0.181. The lowest BCUT2D eigenvalue weighted by Gasteiger charge is -2.10. The standard InChI is InChI=1S/C27H24BrN3O2S/c1-16(2)14-18-4-6-19(7-5-18)17(3)25-29-27-31(30-25)26(32)24(34-27)15-22-12-13-23(33-22)20-8-10-21(28)11-9-20/h4-13,15-17H,14H2,1-3H3/b24-15+. The Hall–Kier alpha value is -3.03. The highest BCUT2D eigenvalue weighted by atomic mass is 79.9. The number of fused-ring (bicyclic) bond motifs is 1. The molecule has 0 bridgehead atoms. The summed E-state index contributed by atoms with van der Waals surface area (Å²) < 4.78 is 8.89. The lowest BCUT2D eigenvalue weighted by Crippen LogP contribution is -2.23. The topological polar surface area (TPSA) is 60.4 Å². The highest BCUT2D eigenvalue weighted by Crippen LogP contribution is 2.25. The Morgan fingerprint density at radius 2 is 1.76 bits per heavy atom. The van der Waals surface area contributed by atoms with Crippen molar-refractivity contribution in [2.45, 2.75) is 33.1 Å². The Morgan fingerprint density at radius 1 is 1.03 bits per heavy atom. The van der Waals surface area contributed by atoms with E-state index in [1.165, 1.54) is 21.4 Å². The molecule has 0 aliphatic heterocycles. The molecule has 3 heterocycles. The molecule has 5 nitrogen and oxygen atoms in total. The molecule has 1 unspecified atom stereocenters. The highest BCUT2D eigenvalue weighted by molar-refractivity contribution is 9.10. The van der Waals surface area contributed by atoms with Crippen molar-refractivity contribution in [3.8, 4) is 11.3 Å². The number of aromatic nitrogens is 3. The average Bonchev–Trinajstić information content (AvgIpc) is 3.52. The van der Waals surface area contributed by atoms with E-state index in [1.807, 2.05) is 36.4 Å². The third kappa shape index (κ3) is 4.63. The lowest BCUT2D eigenvalue weighted by atomic mass is 9.96. The second kappa shape index (κ2) is 9.31. The van der Waals surface area contributed by atoms with E-state index < -0.39 is 0 Å². The number of thiazole rings is 1. The van der Waals surface area contributed by atoms with Crippen LogP contribution in [-0.4, -0.2) is 14.6 Å². The van der Waals surface area contributed by atoms with Gasteiger partial charge in [-0.15, -0.1) is 5.10 Å². The van der Waals surface area contributed by atoms with Crippen molar-refractivity contribution in [3.05, 3.63) is 103 Å². The van der Waals surface area contributed by atoms with Gasteiger partial charge in [0.05, 0.1) is 0 Å². The maximum Gasteiger partial charge on any atom is 0.291 e. The number of furan rings is 1. The zero-order valence-electron chi connectivity index (χ0n) is 19.2. The summed E-state index contributed by atoms with van der Waals surface area (Å²) in [5.74, 6) is 2.66. The van der Waals surface area contributed by atoms with Crippen LogP contribution in [0.3, 0.4) is 0 Å². The summed E-state index contributed by atoms with van der Waals surface area (Å²) in [4.78, 5) is 18.2. The molecule has 2 aromatic carbocycles. The van der Waals surface area contributed by atoms with Crippen molar-refractivity contribution in [3.63, 3.8) is 0 Å². The third-order valence-electron chi connectivity index (χ3n) is 5.74. The molecule has 0 saturated heterocycles. The van der Waals surface area contributed by atoms with Gasteiger partial charge in [-0.25, -0.2) is 4.98 Å². The van der Waals surface area contributed by atoms with Crippen LogP contribution in [0, 0.1) is 5.92 Å². The number of rotatable bonds is 6. The number of nitrogens with zero attached hydrogens (tertiary/aromatic N) is 3. The van der Waals surface area contributed by atoms with Crippen LogP contribution in [0.5, 0.6) is 0 Å². The quantitative estimate of drug-likeness (QED) is 0.265. The van der Waals surface area contributed by atoms with E-state index in [9.17, 15) is 4.79 Å². The predicted molar refractivity (Wildman–Crippen MR) is 140 cm³/mol. The normalized spacial score (nSPS) is 13.3. The highest BCUT2D eigenvalue weighted by Gasteiger charge is 2.17. The fraction of sp³-hybridized carbons (Fsp3) is 0.222. The first kappa shape index (κ1) is 22.7. The minimum Gasteiger partial charge on any atom is -0.457 e. The largest absolute Gasteiger partial charge is 0.457 e. The Bertz CT molecular complexity index is 1550. The first-order valence-electron chi connectivity index (χ1n) is 11.2. The van der Waals surface area contributed by atoms with E-state index in [4.69, 9.17) is 4.42 Å². The van der Waals surface area contributed by atoms with Crippen LogP contribution < -0.4 is 10.1 Å². The van der Waals surface area contributed by atoms with E-state index in [1.54, 1.807) is 6.08 Å². The van der Waals surface area contributed by atoms with Gasteiger partial charge in [-0.05, 0) is 47.7 Å². The van der Waals surface area contributed by atoms with Crippen LogP contribution in [0.15, 0.2) is 74.3 Å². The summed E-state index contributed by atoms with van der Waals surface area (Å²) >= 11 is 4.76. The molecule has 34 heavy (non-hydrogen) atoms. The van der Waals surface area contributed by atoms with E-state index in [2.05, 4.69) is 71.0 Å². The smallest absolute Gasteiger partial charge is 0.291 e. The summed E-state index contributed by atoms with van der Waals surface area (Å²) in [6.45, 7) is 6.51.